The van der Waals surface area contributed by atoms with Gasteiger partial charge in [-0.1, -0.05) is 18.2 Å². The first kappa shape index (κ1) is 20.6. The minimum atomic E-state index is 0. The van der Waals surface area contributed by atoms with E-state index in [9.17, 15) is 0 Å². The number of guanidine groups is 1. The summed E-state index contributed by atoms with van der Waals surface area (Å²) in [6, 6.07) is 6.46. The highest BCUT2D eigenvalue weighted by Gasteiger charge is 2.24. The van der Waals surface area contributed by atoms with Crippen LogP contribution in [0.2, 0.25) is 0 Å². The molecule has 1 saturated heterocycles. The number of benzene rings is 1. The molecular weight excluding hydrogens is 465 g/mol. The van der Waals surface area contributed by atoms with Gasteiger partial charge in [-0.15, -0.1) is 24.0 Å². The summed E-state index contributed by atoms with van der Waals surface area (Å²) in [5.74, 6) is 2.46. The number of para-hydroxylation sites is 1. The first-order valence-electron chi connectivity index (χ1n) is 9.62. The molecule has 0 aliphatic carbocycles. The number of piperidine rings is 1. The Bertz CT molecular complexity index is 908. The van der Waals surface area contributed by atoms with Gasteiger partial charge in [-0.2, -0.15) is 5.10 Å². The van der Waals surface area contributed by atoms with E-state index in [4.69, 9.17) is 0 Å². The summed E-state index contributed by atoms with van der Waals surface area (Å²) < 4.78 is 0. The number of nitrogens with zero attached hydrogens (tertiary/aromatic N) is 4. The highest BCUT2D eigenvalue weighted by molar-refractivity contribution is 14.0. The zero-order chi connectivity index (χ0) is 18.6. The third kappa shape index (κ3) is 4.31. The molecule has 0 radical (unpaired) electrons. The second-order valence-electron chi connectivity index (χ2n) is 7.17. The lowest BCUT2D eigenvalue weighted by Gasteiger charge is -2.33. The van der Waals surface area contributed by atoms with Crippen LogP contribution >= 0.6 is 24.0 Å². The van der Waals surface area contributed by atoms with Crippen molar-refractivity contribution in [3.8, 4) is 0 Å². The molecule has 7 nitrogen and oxygen atoms in total. The van der Waals surface area contributed by atoms with Gasteiger partial charge in [0.2, 0.25) is 0 Å². The van der Waals surface area contributed by atoms with E-state index in [-0.39, 0.29) is 24.0 Å². The van der Waals surface area contributed by atoms with Gasteiger partial charge in [-0.25, -0.2) is 4.98 Å². The molecule has 1 aliphatic rings. The number of aryl methyl sites for hydroxylation is 1. The predicted octanol–water partition coefficient (Wildman–Crippen LogP) is 3.21. The Balaban J connectivity index is 0.00000225. The van der Waals surface area contributed by atoms with Crippen molar-refractivity contribution in [3.05, 3.63) is 47.7 Å². The average molecular weight is 493 g/mol. The first-order valence-corrected chi connectivity index (χ1v) is 9.62. The number of aromatic nitrogens is 4. The van der Waals surface area contributed by atoms with Gasteiger partial charge in [-0.05, 0) is 37.3 Å². The van der Waals surface area contributed by atoms with Gasteiger partial charge in [0.1, 0.15) is 12.2 Å². The molecule has 3 N–H and O–H groups in total. The van der Waals surface area contributed by atoms with E-state index < -0.39 is 0 Å². The van der Waals surface area contributed by atoms with Crippen LogP contribution in [0.3, 0.4) is 0 Å². The van der Waals surface area contributed by atoms with Gasteiger partial charge in [-0.3, -0.25) is 10.1 Å². The van der Waals surface area contributed by atoms with Gasteiger partial charge in [0.15, 0.2) is 5.96 Å². The molecule has 0 amide bonds. The van der Waals surface area contributed by atoms with Crippen molar-refractivity contribution < 1.29 is 0 Å². The highest BCUT2D eigenvalue weighted by atomic mass is 127. The average Bonchev–Trinajstić information content (AvgIpc) is 3.37. The first-order chi connectivity index (χ1) is 13.3. The van der Waals surface area contributed by atoms with Crippen LogP contribution in [-0.4, -0.2) is 57.7 Å². The number of H-pyrrole nitrogens is 2. The SMILES string of the molecule is CN=C(NCCc1c[nH]c2c(C)cccc12)N1CCC(c2ncn[nH]2)CC1.I. The number of hydrogen-bond acceptors (Lipinski definition) is 3. The van der Waals surface area contributed by atoms with Crippen LogP contribution in [0, 0.1) is 6.92 Å². The lowest BCUT2D eigenvalue weighted by molar-refractivity contribution is 0.299. The topological polar surface area (TPSA) is 85.0 Å². The van der Waals surface area contributed by atoms with Crippen molar-refractivity contribution in [2.75, 3.05) is 26.7 Å². The summed E-state index contributed by atoms with van der Waals surface area (Å²) in [6.07, 6.45) is 6.83. The smallest absolute Gasteiger partial charge is 0.193 e. The van der Waals surface area contributed by atoms with E-state index in [1.165, 1.54) is 22.0 Å². The minimum Gasteiger partial charge on any atom is -0.361 e. The largest absolute Gasteiger partial charge is 0.361 e. The molecule has 2 aromatic heterocycles. The van der Waals surface area contributed by atoms with E-state index in [2.05, 4.69) is 66.7 Å². The number of fused-ring (bicyclic) bond motifs is 1. The number of likely N-dealkylation sites (tertiary alicyclic amines) is 1. The quantitative estimate of drug-likeness (QED) is 0.296. The molecule has 1 aromatic carbocycles. The van der Waals surface area contributed by atoms with Crippen LogP contribution < -0.4 is 5.32 Å². The van der Waals surface area contributed by atoms with Gasteiger partial charge in [0.05, 0.1) is 0 Å². The fourth-order valence-corrected chi connectivity index (χ4v) is 3.99. The number of halogens is 1. The van der Waals surface area contributed by atoms with Gasteiger partial charge in [0, 0.05) is 49.7 Å². The van der Waals surface area contributed by atoms with Crippen molar-refractivity contribution >= 4 is 40.8 Å². The summed E-state index contributed by atoms with van der Waals surface area (Å²) >= 11 is 0. The second-order valence-corrected chi connectivity index (χ2v) is 7.17. The minimum absolute atomic E-state index is 0. The monoisotopic (exact) mass is 493 g/mol. The van der Waals surface area contributed by atoms with Gasteiger partial charge in [0.25, 0.3) is 0 Å². The summed E-state index contributed by atoms with van der Waals surface area (Å²) in [7, 11) is 1.86. The Morgan fingerprint density at radius 2 is 2.14 bits per heavy atom. The zero-order valence-electron chi connectivity index (χ0n) is 16.4. The molecule has 3 aromatic rings. The fraction of sp³-hybridized carbons (Fsp3) is 0.450. The summed E-state index contributed by atoms with van der Waals surface area (Å²) in [5.41, 5.74) is 3.88. The normalized spacial score (nSPS) is 15.6. The van der Waals surface area contributed by atoms with E-state index in [1.807, 2.05) is 7.05 Å². The Morgan fingerprint density at radius 1 is 1.32 bits per heavy atom. The van der Waals surface area contributed by atoms with Crippen molar-refractivity contribution in [3.63, 3.8) is 0 Å². The number of aromatic amines is 2. The van der Waals surface area contributed by atoms with Crippen LogP contribution in [0.5, 0.6) is 0 Å². The molecule has 4 rings (SSSR count). The molecule has 3 heterocycles. The molecule has 150 valence electrons. The number of aliphatic imine (C=N–C) groups is 1. The summed E-state index contributed by atoms with van der Waals surface area (Å²) in [5, 5.41) is 11.8. The van der Waals surface area contributed by atoms with Crippen LogP contribution in [0.4, 0.5) is 0 Å². The third-order valence-corrected chi connectivity index (χ3v) is 5.51. The maximum Gasteiger partial charge on any atom is 0.193 e. The van der Waals surface area contributed by atoms with E-state index >= 15 is 0 Å². The molecule has 8 heteroatoms. The predicted molar refractivity (Wildman–Crippen MR) is 123 cm³/mol. The van der Waals surface area contributed by atoms with Crippen LogP contribution in [0.25, 0.3) is 10.9 Å². The van der Waals surface area contributed by atoms with Crippen molar-refractivity contribution in [1.82, 2.24) is 30.4 Å². The van der Waals surface area contributed by atoms with E-state index in [0.29, 0.717) is 5.92 Å². The lowest BCUT2D eigenvalue weighted by atomic mass is 9.96. The molecule has 0 spiro atoms. The molecule has 1 fully saturated rings. The number of rotatable bonds is 4. The van der Waals surface area contributed by atoms with Gasteiger partial charge < -0.3 is 15.2 Å². The molecule has 0 saturated carbocycles. The molecular formula is C20H28IN7. The Morgan fingerprint density at radius 3 is 2.86 bits per heavy atom. The Kier molecular flexibility index (Phi) is 6.93. The van der Waals surface area contributed by atoms with E-state index in [0.717, 1.165) is 50.7 Å². The van der Waals surface area contributed by atoms with E-state index in [1.54, 1.807) is 6.33 Å². The van der Waals surface area contributed by atoms with Crippen molar-refractivity contribution in [1.29, 1.82) is 0 Å². The molecule has 0 atom stereocenters. The van der Waals surface area contributed by atoms with Crippen molar-refractivity contribution in [2.24, 2.45) is 4.99 Å². The Hall–Kier alpha value is -2.10. The number of nitrogens with one attached hydrogen (secondary N) is 3. The summed E-state index contributed by atoms with van der Waals surface area (Å²) in [4.78, 5) is 14.5. The molecule has 1 aliphatic heterocycles. The van der Waals surface area contributed by atoms with Crippen LogP contribution in [-0.2, 0) is 6.42 Å². The summed E-state index contributed by atoms with van der Waals surface area (Å²) in [6.45, 7) is 4.98. The maximum absolute atomic E-state index is 4.48. The standard InChI is InChI=1S/C20H27N7.HI/c1-14-4-3-5-17-16(12-23-18(14)17)6-9-22-20(21-2)27-10-7-15(8-11-27)19-24-13-25-26-19;/h3-5,12-13,15,23H,6-11H2,1-2H3,(H,21,22)(H,24,25,26);1H. The van der Waals surface area contributed by atoms with Gasteiger partial charge >= 0.3 is 0 Å². The fourth-order valence-electron chi connectivity index (χ4n) is 3.99. The highest BCUT2D eigenvalue weighted by Crippen LogP contribution is 2.25. The van der Waals surface area contributed by atoms with Crippen LogP contribution in [0.1, 0.15) is 35.7 Å². The Labute approximate surface area is 182 Å². The maximum atomic E-state index is 4.48. The molecule has 28 heavy (non-hydrogen) atoms. The molecule has 0 unspecified atom stereocenters. The number of hydrogen-bond donors (Lipinski definition) is 3. The third-order valence-electron chi connectivity index (χ3n) is 5.51. The van der Waals surface area contributed by atoms with Crippen molar-refractivity contribution in [2.45, 2.75) is 32.1 Å². The molecule has 0 bridgehead atoms. The van der Waals surface area contributed by atoms with Crippen LogP contribution in [0.15, 0.2) is 35.7 Å². The lowest BCUT2D eigenvalue weighted by Crippen LogP contribution is -2.45. The second kappa shape index (κ2) is 9.40. The zero-order valence-corrected chi connectivity index (χ0v) is 18.7.